The van der Waals surface area contributed by atoms with Crippen molar-refractivity contribution in [3.63, 3.8) is 0 Å². The minimum absolute atomic E-state index is 0.116. The molecule has 21 heavy (non-hydrogen) atoms. The Hall–Kier alpha value is -1.39. The number of halogens is 1. The predicted molar refractivity (Wildman–Crippen MR) is 89.4 cm³/mol. The van der Waals surface area contributed by atoms with Gasteiger partial charge in [0.25, 0.3) is 0 Å². The van der Waals surface area contributed by atoms with E-state index < -0.39 is 0 Å². The van der Waals surface area contributed by atoms with Gasteiger partial charge in [-0.15, -0.1) is 0 Å². The second kappa shape index (κ2) is 7.57. The number of aryl methyl sites for hydroxylation is 1. The van der Waals surface area contributed by atoms with Crippen LogP contribution in [-0.4, -0.2) is 11.0 Å². The second-order valence-electron chi connectivity index (χ2n) is 5.15. The van der Waals surface area contributed by atoms with Gasteiger partial charge < -0.3 is 10.5 Å². The fourth-order valence-corrected chi connectivity index (χ4v) is 2.44. The van der Waals surface area contributed by atoms with Crippen LogP contribution in [0.5, 0.6) is 5.75 Å². The van der Waals surface area contributed by atoms with Crippen molar-refractivity contribution in [1.82, 2.24) is 4.98 Å². The molecule has 3 nitrogen and oxygen atoms in total. The zero-order valence-corrected chi connectivity index (χ0v) is 14.1. The first-order valence-corrected chi connectivity index (χ1v) is 7.97. The van der Waals surface area contributed by atoms with Crippen LogP contribution in [0.4, 0.5) is 0 Å². The molecule has 0 aliphatic heterocycles. The van der Waals surface area contributed by atoms with Gasteiger partial charge >= 0.3 is 0 Å². The molecule has 1 heterocycles. The Morgan fingerprint density at radius 1 is 1.24 bits per heavy atom. The largest absolute Gasteiger partial charge is 0.487 e. The molecule has 0 saturated carbocycles. The van der Waals surface area contributed by atoms with Crippen LogP contribution in [-0.2, 0) is 13.0 Å². The molecule has 0 radical (unpaired) electrons. The van der Waals surface area contributed by atoms with E-state index in [4.69, 9.17) is 10.5 Å². The summed E-state index contributed by atoms with van der Waals surface area (Å²) in [7, 11) is 0. The second-order valence-corrected chi connectivity index (χ2v) is 6.00. The average molecular weight is 349 g/mol. The fourth-order valence-electron chi connectivity index (χ4n) is 2.04. The molecular weight excluding hydrogens is 328 g/mol. The Labute approximate surface area is 134 Å². The number of aromatic nitrogens is 1. The summed E-state index contributed by atoms with van der Waals surface area (Å²) in [6, 6.07) is 12.1. The molecule has 0 saturated heterocycles. The molecule has 0 aliphatic carbocycles. The van der Waals surface area contributed by atoms with Crippen molar-refractivity contribution in [2.24, 2.45) is 5.73 Å². The van der Waals surface area contributed by atoms with Crippen LogP contribution >= 0.6 is 15.9 Å². The summed E-state index contributed by atoms with van der Waals surface area (Å²) < 4.78 is 7.01. The lowest BCUT2D eigenvalue weighted by molar-refractivity contribution is 0.299. The van der Waals surface area contributed by atoms with Gasteiger partial charge in [-0.1, -0.05) is 41.1 Å². The van der Waals surface area contributed by atoms with Gasteiger partial charge in [-0.2, -0.15) is 0 Å². The summed E-state index contributed by atoms with van der Waals surface area (Å²) in [5.74, 6) is 0.820. The summed E-state index contributed by atoms with van der Waals surface area (Å²) in [6.07, 6.45) is 1.67. The van der Waals surface area contributed by atoms with Crippen LogP contribution in [0.1, 0.15) is 30.3 Å². The predicted octanol–water partition coefficient (Wildman–Crippen LogP) is 4.01. The number of pyridine rings is 1. The van der Waals surface area contributed by atoms with E-state index in [1.165, 1.54) is 0 Å². The van der Waals surface area contributed by atoms with Crippen molar-refractivity contribution in [2.45, 2.75) is 39.3 Å². The molecule has 1 atom stereocenters. The molecule has 2 N–H and O–H groups in total. The van der Waals surface area contributed by atoms with E-state index in [-0.39, 0.29) is 6.04 Å². The molecule has 1 aromatic carbocycles. The molecule has 0 spiro atoms. The maximum Gasteiger partial charge on any atom is 0.141 e. The van der Waals surface area contributed by atoms with Crippen molar-refractivity contribution >= 4 is 15.9 Å². The van der Waals surface area contributed by atoms with Gasteiger partial charge in [0.15, 0.2) is 0 Å². The third-order valence-corrected chi connectivity index (χ3v) is 4.17. The first-order chi connectivity index (χ1) is 10.1. The van der Waals surface area contributed by atoms with E-state index in [1.807, 2.05) is 43.3 Å². The number of nitrogens with zero attached hydrogens (tertiary/aromatic N) is 1. The Kier molecular flexibility index (Phi) is 5.76. The third-order valence-electron chi connectivity index (χ3n) is 3.39. The minimum atomic E-state index is 0.116. The van der Waals surface area contributed by atoms with Gasteiger partial charge in [-0.3, -0.25) is 4.98 Å². The van der Waals surface area contributed by atoms with Crippen molar-refractivity contribution in [3.05, 3.63) is 57.8 Å². The number of rotatable bonds is 6. The van der Waals surface area contributed by atoms with Crippen LogP contribution in [0.2, 0.25) is 0 Å². The van der Waals surface area contributed by atoms with Crippen molar-refractivity contribution in [2.75, 3.05) is 0 Å². The Morgan fingerprint density at radius 3 is 2.71 bits per heavy atom. The van der Waals surface area contributed by atoms with Crippen molar-refractivity contribution in [1.29, 1.82) is 0 Å². The molecule has 0 aliphatic rings. The Bertz CT molecular complexity index is 601. The highest BCUT2D eigenvalue weighted by atomic mass is 79.9. The summed E-state index contributed by atoms with van der Waals surface area (Å²) in [5.41, 5.74) is 9.10. The van der Waals surface area contributed by atoms with Crippen molar-refractivity contribution < 1.29 is 4.74 Å². The molecule has 2 aromatic rings. The zero-order valence-electron chi connectivity index (χ0n) is 12.5. The molecule has 2 rings (SSSR count). The van der Waals surface area contributed by atoms with E-state index in [0.29, 0.717) is 6.61 Å². The normalized spacial score (nSPS) is 12.2. The molecule has 0 amide bonds. The molecule has 1 aromatic heterocycles. The van der Waals surface area contributed by atoms with E-state index in [0.717, 1.165) is 40.0 Å². The van der Waals surface area contributed by atoms with E-state index in [2.05, 4.69) is 27.8 Å². The van der Waals surface area contributed by atoms with E-state index in [1.54, 1.807) is 0 Å². The maximum atomic E-state index is 6.05. The van der Waals surface area contributed by atoms with Gasteiger partial charge in [0.2, 0.25) is 0 Å². The highest BCUT2D eigenvalue weighted by molar-refractivity contribution is 9.10. The smallest absolute Gasteiger partial charge is 0.141 e. The number of hydrogen-bond donors (Lipinski definition) is 1. The summed E-state index contributed by atoms with van der Waals surface area (Å²) in [4.78, 5) is 4.58. The van der Waals surface area contributed by atoms with Gasteiger partial charge in [-0.25, -0.2) is 0 Å². The summed E-state index contributed by atoms with van der Waals surface area (Å²) in [5, 5.41) is 0. The quantitative estimate of drug-likeness (QED) is 0.857. The number of nitrogens with two attached hydrogens (primary N) is 1. The summed E-state index contributed by atoms with van der Waals surface area (Å²) in [6.45, 7) is 4.58. The van der Waals surface area contributed by atoms with Gasteiger partial charge in [0.05, 0.1) is 5.69 Å². The van der Waals surface area contributed by atoms with E-state index in [9.17, 15) is 0 Å². The molecule has 0 bridgehead atoms. The molecule has 0 fully saturated rings. The SMILES string of the molecule is CCC(N)Cc1nc(C)ccc1OCc1ccccc1Br. The molecule has 4 heteroatoms. The lowest BCUT2D eigenvalue weighted by atomic mass is 10.1. The monoisotopic (exact) mass is 348 g/mol. The van der Waals surface area contributed by atoms with Gasteiger partial charge in [-0.05, 0) is 31.5 Å². The fraction of sp³-hybridized carbons (Fsp3) is 0.353. The third kappa shape index (κ3) is 4.55. The highest BCUT2D eigenvalue weighted by Crippen LogP contribution is 2.22. The number of ether oxygens (including phenoxy) is 1. The standard InChI is InChI=1S/C17H21BrN2O/c1-3-14(19)10-16-17(9-8-12(2)20-16)21-11-13-6-4-5-7-15(13)18/h4-9,14H,3,10-11,19H2,1-2H3. The highest BCUT2D eigenvalue weighted by Gasteiger charge is 2.11. The van der Waals surface area contributed by atoms with E-state index >= 15 is 0 Å². The lowest BCUT2D eigenvalue weighted by Crippen LogP contribution is -2.22. The Balaban J connectivity index is 2.14. The Morgan fingerprint density at radius 2 is 2.00 bits per heavy atom. The first-order valence-electron chi connectivity index (χ1n) is 7.18. The van der Waals surface area contributed by atoms with Crippen LogP contribution < -0.4 is 10.5 Å². The number of hydrogen-bond acceptors (Lipinski definition) is 3. The minimum Gasteiger partial charge on any atom is -0.487 e. The van der Waals surface area contributed by atoms with Crippen LogP contribution in [0.25, 0.3) is 0 Å². The van der Waals surface area contributed by atoms with Crippen LogP contribution in [0.3, 0.4) is 0 Å². The van der Waals surface area contributed by atoms with Crippen LogP contribution in [0, 0.1) is 6.92 Å². The average Bonchev–Trinajstić information content (AvgIpc) is 2.48. The van der Waals surface area contributed by atoms with Crippen molar-refractivity contribution in [3.8, 4) is 5.75 Å². The summed E-state index contributed by atoms with van der Waals surface area (Å²) >= 11 is 3.54. The zero-order chi connectivity index (χ0) is 15.2. The topological polar surface area (TPSA) is 48.1 Å². The van der Waals surface area contributed by atoms with Gasteiger partial charge in [0.1, 0.15) is 12.4 Å². The first kappa shape index (κ1) is 16.0. The number of benzene rings is 1. The lowest BCUT2D eigenvalue weighted by Gasteiger charge is -2.14. The maximum absolute atomic E-state index is 6.05. The molecule has 1 unspecified atom stereocenters. The molecular formula is C17H21BrN2O. The molecule has 112 valence electrons. The van der Waals surface area contributed by atoms with Crippen LogP contribution in [0.15, 0.2) is 40.9 Å². The van der Waals surface area contributed by atoms with Gasteiger partial charge in [0, 0.05) is 28.2 Å².